The molecule has 1 aromatic heterocycles. The number of sulfonamides is 1. The van der Waals surface area contributed by atoms with Crippen LogP contribution in [0.4, 0.5) is 10.1 Å². The maximum absolute atomic E-state index is 13.7. The van der Waals surface area contributed by atoms with Crippen molar-refractivity contribution >= 4 is 52.8 Å². The average Bonchev–Trinajstić information content (AvgIpc) is 2.77. The summed E-state index contributed by atoms with van der Waals surface area (Å²) in [6.07, 6.45) is 0.953. The average molecular weight is 414 g/mol. The Kier molecular flexibility index (Phi) is 4.43. The number of rotatable bonds is 4. The highest BCUT2D eigenvalue weighted by Crippen LogP contribution is 2.30. The lowest BCUT2D eigenvalue weighted by molar-refractivity contribution is 0.596. The minimum atomic E-state index is -4.00. The topological polar surface area (TPSA) is 80.3 Å². The van der Waals surface area contributed by atoms with Crippen molar-refractivity contribution < 1.29 is 21.2 Å². The third-order valence-corrected chi connectivity index (χ3v) is 7.58. The molecule has 0 spiro atoms. The molecule has 1 aromatic carbocycles. The van der Waals surface area contributed by atoms with E-state index in [0.717, 1.165) is 35.8 Å². The first kappa shape index (κ1) is 16.4. The SMILES string of the molecule is CS(=O)(=O)c1ccc(F)c(NS(=O)(=O)c2sccc2Br)c1. The lowest BCUT2D eigenvalue weighted by Crippen LogP contribution is -2.13. The second-order valence-electron chi connectivity index (χ2n) is 4.08. The van der Waals surface area contributed by atoms with Gasteiger partial charge in [0.1, 0.15) is 5.82 Å². The molecule has 0 aliphatic heterocycles. The van der Waals surface area contributed by atoms with E-state index in [-0.39, 0.29) is 9.10 Å². The molecule has 0 radical (unpaired) electrons. The molecule has 0 fully saturated rings. The summed E-state index contributed by atoms with van der Waals surface area (Å²) < 4.78 is 63.3. The van der Waals surface area contributed by atoms with E-state index < -0.39 is 31.4 Å². The van der Waals surface area contributed by atoms with Crippen molar-refractivity contribution in [2.75, 3.05) is 11.0 Å². The van der Waals surface area contributed by atoms with E-state index in [1.165, 1.54) is 0 Å². The van der Waals surface area contributed by atoms with Gasteiger partial charge in [0.2, 0.25) is 0 Å². The minimum absolute atomic E-state index is 0.0216. The quantitative estimate of drug-likeness (QED) is 0.781. The normalized spacial score (nSPS) is 12.3. The first-order chi connectivity index (χ1) is 9.61. The Balaban J connectivity index is 2.47. The van der Waals surface area contributed by atoms with Gasteiger partial charge in [-0.1, -0.05) is 0 Å². The van der Waals surface area contributed by atoms with Crippen LogP contribution in [0.1, 0.15) is 0 Å². The highest BCUT2D eigenvalue weighted by atomic mass is 79.9. The predicted molar refractivity (Wildman–Crippen MR) is 82.3 cm³/mol. The molecule has 1 N–H and O–H groups in total. The molecule has 1 heterocycles. The van der Waals surface area contributed by atoms with Gasteiger partial charge in [-0.25, -0.2) is 21.2 Å². The first-order valence-electron chi connectivity index (χ1n) is 5.37. The van der Waals surface area contributed by atoms with Crippen LogP contribution in [-0.2, 0) is 19.9 Å². The van der Waals surface area contributed by atoms with Crippen LogP contribution in [0, 0.1) is 5.82 Å². The van der Waals surface area contributed by atoms with Gasteiger partial charge in [-0.2, -0.15) is 0 Å². The molecule has 0 aliphatic carbocycles. The van der Waals surface area contributed by atoms with Gasteiger partial charge >= 0.3 is 0 Å². The number of hydrogen-bond donors (Lipinski definition) is 1. The number of nitrogens with one attached hydrogen (secondary N) is 1. The molecule has 0 atom stereocenters. The van der Waals surface area contributed by atoms with Crippen molar-refractivity contribution in [3.8, 4) is 0 Å². The summed E-state index contributed by atoms with van der Waals surface area (Å²) >= 11 is 4.04. The van der Waals surface area contributed by atoms with Crippen LogP contribution in [0.15, 0.2) is 43.2 Å². The smallest absolute Gasteiger partial charge is 0.272 e. The number of anilines is 1. The van der Waals surface area contributed by atoms with E-state index in [1.54, 1.807) is 11.4 Å². The van der Waals surface area contributed by atoms with Gasteiger partial charge in [0.05, 0.1) is 10.6 Å². The molecule has 5 nitrogen and oxygen atoms in total. The molecule has 2 rings (SSSR count). The standard InChI is InChI=1S/C11H9BrFNO4S3/c1-20(15,16)7-2-3-9(13)10(6-7)14-21(17,18)11-8(12)4-5-19-11/h2-6,14H,1H3. The second kappa shape index (κ2) is 5.67. The molecule has 10 heteroatoms. The highest BCUT2D eigenvalue weighted by molar-refractivity contribution is 9.10. The number of thiophene rings is 1. The van der Waals surface area contributed by atoms with Crippen LogP contribution < -0.4 is 4.72 Å². The minimum Gasteiger partial charge on any atom is -0.276 e. The molecule has 0 saturated carbocycles. The summed E-state index contributed by atoms with van der Waals surface area (Å²) in [5.41, 5.74) is -0.418. The Hall–Kier alpha value is -0.970. The van der Waals surface area contributed by atoms with Gasteiger partial charge < -0.3 is 0 Å². The van der Waals surface area contributed by atoms with Crippen LogP contribution in [-0.4, -0.2) is 23.1 Å². The molecule has 0 unspecified atom stereocenters. The van der Waals surface area contributed by atoms with Crippen LogP contribution >= 0.6 is 27.3 Å². The molecular weight excluding hydrogens is 405 g/mol. The lowest BCUT2D eigenvalue weighted by Gasteiger charge is -2.09. The Morgan fingerprint density at radius 3 is 2.38 bits per heavy atom. The second-order valence-corrected chi connectivity index (χ2v) is 9.74. The van der Waals surface area contributed by atoms with E-state index in [0.29, 0.717) is 4.47 Å². The van der Waals surface area contributed by atoms with Crippen molar-refractivity contribution in [2.24, 2.45) is 0 Å². The molecule has 114 valence electrons. The Morgan fingerprint density at radius 2 is 1.86 bits per heavy atom. The molecule has 0 amide bonds. The van der Waals surface area contributed by atoms with Crippen molar-refractivity contribution in [2.45, 2.75) is 9.10 Å². The van der Waals surface area contributed by atoms with Crippen molar-refractivity contribution in [1.82, 2.24) is 0 Å². The lowest BCUT2D eigenvalue weighted by atomic mass is 10.3. The van der Waals surface area contributed by atoms with E-state index in [9.17, 15) is 21.2 Å². The zero-order valence-corrected chi connectivity index (χ0v) is 14.5. The molecular formula is C11H9BrFNO4S3. The predicted octanol–water partition coefficient (Wildman–Crippen LogP) is 2.85. The van der Waals surface area contributed by atoms with Crippen LogP contribution in [0.5, 0.6) is 0 Å². The summed E-state index contributed by atoms with van der Waals surface area (Å²) in [6.45, 7) is 0. The Morgan fingerprint density at radius 1 is 1.19 bits per heavy atom. The first-order valence-corrected chi connectivity index (χ1v) is 10.4. The van der Waals surface area contributed by atoms with Crippen molar-refractivity contribution in [1.29, 1.82) is 0 Å². The summed E-state index contributed by atoms with van der Waals surface area (Å²) in [5, 5.41) is 1.56. The van der Waals surface area contributed by atoms with Gasteiger partial charge in [0, 0.05) is 10.7 Å². The van der Waals surface area contributed by atoms with Gasteiger partial charge in [0.25, 0.3) is 10.0 Å². The van der Waals surface area contributed by atoms with E-state index in [2.05, 4.69) is 20.7 Å². The maximum atomic E-state index is 13.7. The summed E-state index contributed by atoms with van der Waals surface area (Å²) in [4.78, 5) is -0.174. The number of sulfone groups is 1. The highest BCUT2D eigenvalue weighted by Gasteiger charge is 2.21. The fourth-order valence-corrected chi connectivity index (χ4v) is 5.52. The maximum Gasteiger partial charge on any atom is 0.272 e. The largest absolute Gasteiger partial charge is 0.276 e. The van der Waals surface area contributed by atoms with Crippen LogP contribution in [0.3, 0.4) is 0 Å². The fourth-order valence-electron chi connectivity index (χ4n) is 1.48. The van der Waals surface area contributed by atoms with Gasteiger partial charge in [-0.15, -0.1) is 11.3 Å². The third-order valence-electron chi connectivity index (χ3n) is 2.44. The summed E-state index contributed by atoms with van der Waals surface area (Å²) in [7, 11) is -7.57. The monoisotopic (exact) mass is 413 g/mol. The Labute approximate surface area is 133 Å². The number of halogens is 2. The van der Waals surface area contributed by atoms with E-state index in [4.69, 9.17) is 0 Å². The van der Waals surface area contributed by atoms with Gasteiger partial charge in [0.15, 0.2) is 14.0 Å². The molecule has 0 bridgehead atoms. The third kappa shape index (κ3) is 3.62. The van der Waals surface area contributed by atoms with Gasteiger partial charge in [-0.3, -0.25) is 4.72 Å². The van der Waals surface area contributed by atoms with Crippen molar-refractivity contribution in [3.05, 3.63) is 39.9 Å². The van der Waals surface area contributed by atoms with E-state index in [1.807, 2.05) is 0 Å². The summed E-state index contributed by atoms with van der Waals surface area (Å²) in [5.74, 6) is -0.862. The summed E-state index contributed by atoms with van der Waals surface area (Å²) in [6, 6.07) is 4.47. The molecule has 0 saturated heterocycles. The number of hydrogen-bond acceptors (Lipinski definition) is 5. The zero-order valence-electron chi connectivity index (χ0n) is 10.5. The Bertz CT molecular complexity index is 890. The zero-order chi connectivity index (χ0) is 15.8. The fraction of sp³-hybridized carbons (Fsp3) is 0.0909. The van der Waals surface area contributed by atoms with Crippen LogP contribution in [0.25, 0.3) is 0 Å². The van der Waals surface area contributed by atoms with Gasteiger partial charge in [-0.05, 0) is 45.6 Å². The molecule has 2 aromatic rings. The van der Waals surface area contributed by atoms with E-state index >= 15 is 0 Å². The van der Waals surface area contributed by atoms with Crippen LogP contribution in [0.2, 0.25) is 0 Å². The number of benzene rings is 1. The molecule has 0 aliphatic rings. The van der Waals surface area contributed by atoms with Crippen molar-refractivity contribution in [3.63, 3.8) is 0 Å². The molecule has 21 heavy (non-hydrogen) atoms.